The van der Waals surface area contributed by atoms with Crippen LogP contribution in [0.25, 0.3) is 6.08 Å². The van der Waals surface area contributed by atoms with E-state index in [1.807, 2.05) is 60.7 Å². The molecule has 0 saturated carbocycles. The predicted octanol–water partition coefficient (Wildman–Crippen LogP) is 5.15. The molecule has 0 unspecified atom stereocenters. The number of aliphatic imine (C=N–C) groups is 1. The Labute approximate surface area is 188 Å². The van der Waals surface area contributed by atoms with Crippen molar-refractivity contribution in [3.63, 3.8) is 0 Å². The number of nitro groups is 1. The number of hydrogen-bond acceptors (Lipinski definition) is 6. The minimum absolute atomic E-state index is 0.212. The zero-order valence-corrected chi connectivity index (χ0v) is 17.7. The van der Waals surface area contributed by atoms with E-state index in [9.17, 15) is 20.0 Å². The molecular weight excluding hydrogens is 426 g/mol. The van der Waals surface area contributed by atoms with Crippen LogP contribution in [0.15, 0.2) is 88.8 Å². The molecule has 8 heteroatoms. The van der Waals surface area contributed by atoms with E-state index in [1.54, 1.807) is 11.0 Å². The number of carbonyl (C=O) groups excluding carboxylic acids is 1. The lowest BCUT2D eigenvalue weighted by Crippen LogP contribution is -2.31. The Hall–Kier alpha value is -3.91. The molecule has 160 valence electrons. The second-order valence-corrected chi connectivity index (χ2v) is 8.05. The van der Waals surface area contributed by atoms with Crippen LogP contribution in [0.2, 0.25) is 0 Å². The van der Waals surface area contributed by atoms with Crippen molar-refractivity contribution in [3.8, 4) is 5.75 Å². The predicted molar refractivity (Wildman–Crippen MR) is 126 cm³/mol. The number of phenols is 1. The highest BCUT2D eigenvalue weighted by atomic mass is 32.2. The average molecular weight is 446 g/mol. The van der Waals surface area contributed by atoms with Crippen molar-refractivity contribution >= 4 is 40.3 Å². The van der Waals surface area contributed by atoms with Gasteiger partial charge in [0.15, 0.2) is 10.9 Å². The fourth-order valence-electron chi connectivity index (χ4n) is 3.21. The number of nitro benzene ring substituents is 1. The summed E-state index contributed by atoms with van der Waals surface area (Å²) in [4.78, 5) is 30.4. The zero-order valence-electron chi connectivity index (χ0n) is 16.9. The van der Waals surface area contributed by atoms with E-state index in [0.717, 1.165) is 11.3 Å². The number of rotatable bonds is 6. The summed E-state index contributed by atoms with van der Waals surface area (Å²) in [6, 6.07) is 23.3. The number of hydrogen-bond donors (Lipinski definition) is 1. The first-order valence-electron chi connectivity index (χ1n) is 9.88. The van der Waals surface area contributed by atoms with Crippen LogP contribution in [0, 0.1) is 10.1 Å². The molecule has 1 saturated heterocycles. The molecule has 1 fully saturated rings. The molecule has 32 heavy (non-hydrogen) atoms. The van der Waals surface area contributed by atoms with Gasteiger partial charge in [-0.25, -0.2) is 4.99 Å². The molecule has 4 rings (SSSR count). The van der Waals surface area contributed by atoms with Gasteiger partial charge in [0.25, 0.3) is 5.91 Å². The van der Waals surface area contributed by atoms with Crippen molar-refractivity contribution in [1.29, 1.82) is 0 Å². The van der Waals surface area contributed by atoms with Crippen LogP contribution in [-0.4, -0.2) is 32.5 Å². The van der Waals surface area contributed by atoms with Gasteiger partial charge in [0.2, 0.25) is 0 Å². The molecule has 1 heterocycles. The van der Waals surface area contributed by atoms with Gasteiger partial charge in [-0.2, -0.15) is 0 Å². The number of benzene rings is 3. The van der Waals surface area contributed by atoms with Gasteiger partial charge in [-0.1, -0.05) is 54.6 Å². The summed E-state index contributed by atoms with van der Waals surface area (Å²) in [5, 5.41) is 21.4. The molecular formula is C24H19N3O4S. The molecule has 7 nitrogen and oxygen atoms in total. The molecule has 3 aromatic rings. The number of amidine groups is 1. The first-order chi connectivity index (χ1) is 15.5. The summed E-state index contributed by atoms with van der Waals surface area (Å²) in [7, 11) is 0. The molecule has 0 bridgehead atoms. The molecule has 0 aromatic heterocycles. The van der Waals surface area contributed by atoms with Crippen molar-refractivity contribution in [2.45, 2.75) is 6.42 Å². The van der Waals surface area contributed by atoms with Gasteiger partial charge < -0.3 is 5.11 Å². The van der Waals surface area contributed by atoms with E-state index in [4.69, 9.17) is 0 Å². The molecule has 0 radical (unpaired) electrons. The third-order valence-electron chi connectivity index (χ3n) is 4.83. The quantitative estimate of drug-likeness (QED) is 0.322. The number of aromatic hydroxyl groups is 1. The SMILES string of the molecule is O=C1/C(=C\c2ccc(O)c([N+](=O)[O-])c2)SC(=Nc2ccccc2)N1CCc1ccccc1. The van der Waals surface area contributed by atoms with E-state index in [-0.39, 0.29) is 5.91 Å². The van der Waals surface area contributed by atoms with Crippen molar-refractivity contribution in [1.82, 2.24) is 4.90 Å². The van der Waals surface area contributed by atoms with Crippen molar-refractivity contribution in [2.24, 2.45) is 4.99 Å². The van der Waals surface area contributed by atoms with Crippen LogP contribution in [0.3, 0.4) is 0 Å². The summed E-state index contributed by atoms with van der Waals surface area (Å²) in [5.74, 6) is -0.630. The molecule has 3 aromatic carbocycles. The second-order valence-electron chi connectivity index (χ2n) is 7.04. The maximum Gasteiger partial charge on any atom is 0.311 e. The third-order valence-corrected chi connectivity index (χ3v) is 5.84. The summed E-state index contributed by atoms with van der Waals surface area (Å²) in [6.07, 6.45) is 2.25. The fourth-order valence-corrected chi connectivity index (χ4v) is 4.24. The Morgan fingerprint density at radius 2 is 1.72 bits per heavy atom. The van der Waals surface area contributed by atoms with Gasteiger partial charge in [0.05, 0.1) is 15.5 Å². The maximum absolute atomic E-state index is 13.2. The van der Waals surface area contributed by atoms with Gasteiger partial charge in [0.1, 0.15) is 0 Å². The number of para-hydroxylation sites is 1. The van der Waals surface area contributed by atoms with E-state index < -0.39 is 16.4 Å². The maximum atomic E-state index is 13.2. The van der Waals surface area contributed by atoms with Crippen LogP contribution in [0.4, 0.5) is 11.4 Å². The van der Waals surface area contributed by atoms with Crippen molar-refractivity contribution < 1.29 is 14.8 Å². The molecule has 1 aliphatic heterocycles. The fraction of sp³-hybridized carbons (Fsp3) is 0.0833. The molecule has 0 aliphatic carbocycles. The largest absolute Gasteiger partial charge is 0.502 e. The Morgan fingerprint density at radius 1 is 1.03 bits per heavy atom. The highest BCUT2D eigenvalue weighted by molar-refractivity contribution is 8.18. The van der Waals surface area contributed by atoms with Gasteiger partial charge in [-0.05, 0) is 53.6 Å². The highest BCUT2D eigenvalue weighted by Crippen LogP contribution is 2.35. The van der Waals surface area contributed by atoms with E-state index in [1.165, 1.54) is 30.0 Å². The summed E-state index contributed by atoms with van der Waals surface area (Å²) >= 11 is 1.23. The number of nitrogens with zero attached hydrogens (tertiary/aromatic N) is 3. The zero-order chi connectivity index (χ0) is 22.5. The Bertz CT molecular complexity index is 1210. The van der Waals surface area contributed by atoms with Crippen LogP contribution in [-0.2, 0) is 11.2 Å². The first kappa shape index (κ1) is 21.3. The van der Waals surface area contributed by atoms with Crippen LogP contribution in [0.5, 0.6) is 5.75 Å². The summed E-state index contributed by atoms with van der Waals surface area (Å²) in [6.45, 7) is 0.453. The smallest absolute Gasteiger partial charge is 0.311 e. The first-order valence-corrected chi connectivity index (χ1v) is 10.7. The third kappa shape index (κ3) is 4.87. The normalized spacial score (nSPS) is 16.1. The Morgan fingerprint density at radius 3 is 2.41 bits per heavy atom. The van der Waals surface area contributed by atoms with E-state index in [0.29, 0.717) is 28.6 Å². The van der Waals surface area contributed by atoms with E-state index >= 15 is 0 Å². The molecule has 1 aliphatic rings. The number of amides is 1. The highest BCUT2D eigenvalue weighted by Gasteiger charge is 2.33. The van der Waals surface area contributed by atoms with E-state index in [2.05, 4.69) is 4.99 Å². The van der Waals surface area contributed by atoms with Crippen molar-refractivity contribution in [3.05, 3.63) is 105 Å². The molecule has 0 spiro atoms. The monoisotopic (exact) mass is 445 g/mol. The van der Waals surface area contributed by atoms with Crippen LogP contribution in [0.1, 0.15) is 11.1 Å². The van der Waals surface area contributed by atoms with Gasteiger partial charge in [-0.15, -0.1) is 0 Å². The molecule has 1 N–H and O–H groups in total. The second kappa shape index (κ2) is 9.49. The molecule has 1 amide bonds. The topological polar surface area (TPSA) is 96.0 Å². The number of phenolic OH excluding ortho intramolecular Hbond substituents is 1. The summed E-state index contributed by atoms with van der Waals surface area (Å²) in [5.41, 5.74) is 1.88. The minimum Gasteiger partial charge on any atom is -0.502 e. The number of thioether (sulfide) groups is 1. The Balaban J connectivity index is 1.65. The standard InChI is InChI=1S/C24H19N3O4S/c28-21-12-11-18(15-20(21)27(30)31)16-22-23(29)26(14-13-17-7-3-1-4-8-17)24(32-22)25-19-9-5-2-6-10-19/h1-12,15-16,28H,13-14H2/b22-16+,25-24?. The van der Waals surface area contributed by atoms with Crippen molar-refractivity contribution in [2.75, 3.05) is 6.54 Å². The van der Waals surface area contributed by atoms with Crippen LogP contribution >= 0.6 is 11.8 Å². The minimum atomic E-state index is -0.657. The lowest BCUT2D eigenvalue weighted by atomic mass is 10.1. The number of carbonyl (C=O) groups is 1. The van der Waals surface area contributed by atoms with Gasteiger partial charge >= 0.3 is 5.69 Å². The van der Waals surface area contributed by atoms with Gasteiger partial charge in [-0.3, -0.25) is 19.8 Å². The summed E-state index contributed by atoms with van der Waals surface area (Å²) < 4.78 is 0. The lowest BCUT2D eigenvalue weighted by molar-refractivity contribution is -0.385. The van der Waals surface area contributed by atoms with Gasteiger partial charge in [0, 0.05) is 12.6 Å². The average Bonchev–Trinajstić information content (AvgIpc) is 3.08. The van der Waals surface area contributed by atoms with Crippen LogP contribution < -0.4 is 0 Å². The lowest BCUT2D eigenvalue weighted by Gasteiger charge is -2.15. The Kier molecular flexibility index (Phi) is 6.32. The molecule has 0 atom stereocenters.